The first-order chi connectivity index (χ1) is 7.30. The van der Waals surface area contributed by atoms with Gasteiger partial charge in [0, 0.05) is 11.8 Å². The van der Waals surface area contributed by atoms with Gasteiger partial charge in [0.1, 0.15) is 6.61 Å². The van der Waals surface area contributed by atoms with E-state index in [-0.39, 0.29) is 6.61 Å². The first-order valence-corrected chi connectivity index (χ1v) is 5.14. The predicted octanol–water partition coefficient (Wildman–Crippen LogP) is 2.09. The Morgan fingerprint density at radius 2 is 2.27 bits per heavy atom. The van der Waals surface area contributed by atoms with Gasteiger partial charge in [0.25, 0.3) is 0 Å². The second kappa shape index (κ2) is 6.19. The van der Waals surface area contributed by atoms with Crippen molar-refractivity contribution in [2.24, 2.45) is 0 Å². The summed E-state index contributed by atoms with van der Waals surface area (Å²) in [6.07, 6.45) is 4.68. The van der Waals surface area contributed by atoms with Crippen molar-refractivity contribution in [1.82, 2.24) is 4.98 Å². The summed E-state index contributed by atoms with van der Waals surface area (Å²) in [5.74, 6) is 0.580. The number of aromatic nitrogens is 1. The summed E-state index contributed by atoms with van der Waals surface area (Å²) in [6, 6.07) is 3.66. The minimum Gasteiger partial charge on any atom is -0.473 e. The van der Waals surface area contributed by atoms with Crippen LogP contribution in [0.5, 0.6) is 5.88 Å². The molecule has 0 radical (unpaired) electrons. The second-order valence-electron chi connectivity index (χ2n) is 3.20. The summed E-state index contributed by atoms with van der Waals surface area (Å²) < 4.78 is 5.42. The predicted molar refractivity (Wildman–Crippen MR) is 59.8 cm³/mol. The van der Waals surface area contributed by atoms with Crippen molar-refractivity contribution in [3.8, 4) is 5.88 Å². The zero-order chi connectivity index (χ0) is 11.1. The largest absolute Gasteiger partial charge is 0.473 e. The molecule has 1 N–H and O–H groups in total. The van der Waals surface area contributed by atoms with Gasteiger partial charge in [-0.1, -0.05) is 19.1 Å². The quantitative estimate of drug-likeness (QED) is 0.752. The Balaban J connectivity index is 2.77. The van der Waals surface area contributed by atoms with Crippen molar-refractivity contribution >= 4 is 0 Å². The number of aryl methyl sites for hydroxylation is 1. The Morgan fingerprint density at radius 3 is 2.87 bits per heavy atom. The average Bonchev–Trinajstić information content (AvgIpc) is 2.29. The number of aliphatic hydroxyl groups is 1. The van der Waals surface area contributed by atoms with E-state index in [1.165, 1.54) is 0 Å². The number of hydrogen-bond acceptors (Lipinski definition) is 3. The number of pyridine rings is 1. The first-order valence-electron chi connectivity index (χ1n) is 5.14. The van der Waals surface area contributed by atoms with Gasteiger partial charge in [-0.05, 0) is 25.0 Å². The number of nitrogens with zero attached hydrogens (tertiary/aromatic N) is 1. The van der Waals surface area contributed by atoms with Crippen molar-refractivity contribution in [2.75, 3.05) is 6.61 Å². The minimum absolute atomic E-state index is 0.0233. The Labute approximate surface area is 90.4 Å². The second-order valence-corrected chi connectivity index (χ2v) is 3.20. The molecule has 3 heteroatoms. The zero-order valence-corrected chi connectivity index (χ0v) is 9.23. The molecule has 0 saturated heterocycles. The summed E-state index contributed by atoms with van der Waals surface area (Å²) in [6.45, 7) is 4.51. The summed E-state index contributed by atoms with van der Waals surface area (Å²) >= 11 is 0. The number of rotatable bonds is 5. The molecule has 1 aromatic rings. The Bertz CT molecular complexity index is 312. The molecule has 0 atom stereocenters. The third-order valence-corrected chi connectivity index (χ3v) is 2.02. The molecule has 0 aliphatic carbocycles. The molecule has 3 nitrogen and oxygen atoms in total. The van der Waals surface area contributed by atoms with E-state index in [1.54, 1.807) is 6.07 Å². The summed E-state index contributed by atoms with van der Waals surface area (Å²) in [5, 5.41) is 9.06. The van der Waals surface area contributed by atoms with Crippen LogP contribution in [-0.2, 0) is 13.0 Å². The number of hydrogen-bond donors (Lipinski definition) is 1. The molecule has 0 spiro atoms. The lowest BCUT2D eigenvalue weighted by atomic mass is 10.2. The van der Waals surface area contributed by atoms with Crippen molar-refractivity contribution < 1.29 is 9.84 Å². The van der Waals surface area contributed by atoms with Crippen LogP contribution in [0.4, 0.5) is 0 Å². The molecule has 0 aromatic carbocycles. The average molecular weight is 207 g/mol. The van der Waals surface area contributed by atoms with Gasteiger partial charge in [0.2, 0.25) is 5.88 Å². The minimum atomic E-state index is 0.0233. The Morgan fingerprint density at radius 1 is 1.47 bits per heavy atom. The molecule has 1 rings (SSSR count). The van der Waals surface area contributed by atoms with E-state index in [0.717, 1.165) is 17.7 Å². The van der Waals surface area contributed by atoms with E-state index in [4.69, 9.17) is 9.84 Å². The maximum atomic E-state index is 9.06. The molecule has 0 unspecified atom stereocenters. The SMILES string of the molecule is C/C=C/COc1cc(CO)cc(CC)n1. The topological polar surface area (TPSA) is 42.4 Å². The molecule has 82 valence electrons. The number of ether oxygens (including phenoxy) is 1. The van der Waals surface area contributed by atoms with Crippen LogP contribution < -0.4 is 4.74 Å². The molecular formula is C12H17NO2. The molecular weight excluding hydrogens is 190 g/mol. The lowest BCUT2D eigenvalue weighted by molar-refractivity contribution is 0.279. The maximum absolute atomic E-state index is 9.06. The Kier molecular flexibility index (Phi) is 4.84. The fraction of sp³-hybridized carbons (Fsp3) is 0.417. The number of aliphatic hydroxyl groups excluding tert-OH is 1. The molecule has 0 fully saturated rings. The molecule has 0 bridgehead atoms. The molecule has 0 aliphatic heterocycles. The van der Waals surface area contributed by atoms with Gasteiger partial charge >= 0.3 is 0 Å². The van der Waals surface area contributed by atoms with Gasteiger partial charge in [-0.25, -0.2) is 4.98 Å². The molecule has 0 aliphatic rings. The zero-order valence-electron chi connectivity index (χ0n) is 9.23. The normalized spacial score (nSPS) is 10.9. The monoisotopic (exact) mass is 207 g/mol. The van der Waals surface area contributed by atoms with E-state index in [2.05, 4.69) is 4.98 Å². The molecule has 0 saturated carbocycles. The third-order valence-electron chi connectivity index (χ3n) is 2.02. The van der Waals surface area contributed by atoms with E-state index in [1.807, 2.05) is 32.1 Å². The highest BCUT2D eigenvalue weighted by Gasteiger charge is 2.01. The van der Waals surface area contributed by atoms with Gasteiger partial charge < -0.3 is 9.84 Å². The molecule has 0 amide bonds. The fourth-order valence-corrected chi connectivity index (χ4v) is 1.20. The lowest BCUT2D eigenvalue weighted by Gasteiger charge is -2.06. The van der Waals surface area contributed by atoms with Crippen LogP contribution >= 0.6 is 0 Å². The van der Waals surface area contributed by atoms with Crippen LogP contribution in [0.15, 0.2) is 24.3 Å². The van der Waals surface area contributed by atoms with Crippen LogP contribution in [0.25, 0.3) is 0 Å². The van der Waals surface area contributed by atoms with E-state index in [0.29, 0.717) is 12.5 Å². The van der Waals surface area contributed by atoms with Crippen molar-refractivity contribution in [3.05, 3.63) is 35.5 Å². The van der Waals surface area contributed by atoms with Crippen LogP contribution in [0.2, 0.25) is 0 Å². The van der Waals surface area contributed by atoms with Crippen molar-refractivity contribution in [1.29, 1.82) is 0 Å². The van der Waals surface area contributed by atoms with Crippen LogP contribution in [-0.4, -0.2) is 16.7 Å². The molecule has 1 aromatic heterocycles. The van der Waals surface area contributed by atoms with Gasteiger partial charge in [0.05, 0.1) is 6.61 Å². The van der Waals surface area contributed by atoms with Crippen LogP contribution in [0, 0.1) is 0 Å². The highest BCUT2D eigenvalue weighted by atomic mass is 16.5. The van der Waals surface area contributed by atoms with Crippen molar-refractivity contribution in [2.45, 2.75) is 26.9 Å². The first kappa shape index (κ1) is 11.7. The van der Waals surface area contributed by atoms with E-state index in [9.17, 15) is 0 Å². The van der Waals surface area contributed by atoms with E-state index < -0.39 is 0 Å². The highest BCUT2D eigenvalue weighted by Crippen LogP contribution is 2.13. The smallest absolute Gasteiger partial charge is 0.214 e. The van der Waals surface area contributed by atoms with Gasteiger partial charge in [0.15, 0.2) is 0 Å². The summed E-state index contributed by atoms with van der Waals surface area (Å²) in [7, 11) is 0. The van der Waals surface area contributed by atoms with Crippen molar-refractivity contribution in [3.63, 3.8) is 0 Å². The van der Waals surface area contributed by atoms with Crippen LogP contribution in [0.3, 0.4) is 0 Å². The van der Waals surface area contributed by atoms with Crippen LogP contribution in [0.1, 0.15) is 25.1 Å². The maximum Gasteiger partial charge on any atom is 0.214 e. The standard InChI is InChI=1S/C12H17NO2/c1-3-5-6-15-12-8-10(9-14)7-11(4-2)13-12/h3,5,7-8,14H,4,6,9H2,1-2H3/b5-3+. The van der Waals surface area contributed by atoms with Gasteiger partial charge in [-0.3, -0.25) is 0 Å². The van der Waals surface area contributed by atoms with E-state index >= 15 is 0 Å². The molecule has 1 heterocycles. The fourth-order valence-electron chi connectivity index (χ4n) is 1.20. The summed E-state index contributed by atoms with van der Waals surface area (Å²) in [4.78, 5) is 4.30. The van der Waals surface area contributed by atoms with Gasteiger partial charge in [-0.2, -0.15) is 0 Å². The molecule has 15 heavy (non-hydrogen) atoms. The number of allylic oxidation sites excluding steroid dienone is 1. The highest BCUT2D eigenvalue weighted by molar-refractivity contribution is 5.24. The Hall–Kier alpha value is -1.35. The third kappa shape index (κ3) is 3.72. The van der Waals surface area contributed by atoms with Gasteiger partial charge in [-0.15, -0.1) is 0 Å². The lowest BCUT2D eigenvalue weighted by Crippen LogP contribution is -2.00. The summed E-state index contributed by atoms with van der Waals surface area (Å²) in [5.41, 5.74) is 1.79.